The lowest BCUT2D eigenvalue weighted by Gasteiger charge is -2.24. The third-order valence-corrected chi connectivity index (χ3v) is 2.87. The number of aryl methyl sites for hydroxylation is 1. The predicted octanol–water partition coefficient (Wildman–Crippen LogP) is 3.38. The largest absolute Gasteiger partial charge is 0.434 e. The van der Waals surface area contributed by atoms with Crippen LogP contribution in [0.25, 0.3) is 11.4 Å². The Morgan fingerprint density at radius 2 is 1.95 bits per heavy atom. The lowest BCUT2D eigenvalue weighted by atomic mass is 9.85. The molecule has 0 saturated heterocycles. The van der Waals surface area contributed by atoms with Crippen molar-refractivity contribution in [2.24, 2.45) is 7.05 Å². The highest BCUT2D eigenvalue weighted by atomic mass is 19.3. The van der Waals surface area contributed by atoms with E-state index in [1.54, 1.807) is 25.2 Å². The summed E-state index contributed by atoms with van der Waals surface area (Å²) in [4.78, 5) is 4.10. The summed E-state index contributed by atoms with van der Waals surface area (Å²) in [7, 11) is 1.72. The van der Waals surface area contributed by atoms with Gasteiger partial charge in [-0.25, -0.2) is 4.98 Å². The average Bonchev–Trinajstić information content (AvgIpc) is 2.73. The van der Waals surface area contributed by atoms with Gasteiger partial charge in [-0.15, -0.1) is 0 Å². The van der Waals surface area contributed by atoms with Crippen molar-refractivity contribution in [2.45, 2.75) is 32.8 Å². The van der Waals surface area contributed by atoms with Gasteiger partial charge in [-0.3, -0.25) is 4.68 Å². The summed E-state index contributed by atoms with van der Waals surface area (Å²) in [6.07, 6.45) is 1.52. The summed E-state index contributed by atoms with van der Waals surface area (Å²) in [5.41, 5.74) is 0.843. The van der Waals surface area contributed by atoms with E-state index in [9.17, 15) is 8.78 Å². The lowest BCUT2D eigenvalue weighted by Crippen LogP contribution is -2.16. The van der Waals surface area contributed by atoms with Crippen LogP contribution < -0.4 is 4.74 Å². The highest BCUT2D eigenvalue weighted by Crippen LogP contribution is 2.38. The Labute approximate surface area is 116 Å². The Hall–Kier alpha value is -1.98. The summed E-state index contributed by atoms with van der Waals surface area (Å²) in [5.74, 6) is 0.510. The average molecular weight is 281 g/mol. The molecule has 0 bridgehead atoms. The zero-order chi connectivity index (χ0) is 14.9. The van der Waals surface area contributed by atoms with Gasteiger partial charge in [-0.1, -0.05) is 32.9 Å². The molecule has 2 aromatic rings. The van der Waals surface area contributed by atoms with Crippen LogP contribution in [0.5, 0.6) is 5.75 Å². The zero-order valence-corrected chi connectivity index (χ0v) is 11.9. The maximum Gasteiger partial charge on any atom is 0.387 e. The minimum atomic E-state index is -2.89. The molecule has 0 fully saturated rings. The predicted molar refractivity (Wildman–Crippen MR) is 71.8 cm³/mol. The highest BCUT2D eigenvalue weighted by Gasteiger charge is 2.25. The fourth-order valence-corrected chi connectivity index (χ4v) is 1.98. The maximum absolute atomic E-state index is 12.7. The van der Waals surface area contributed by atoms with Crippen LogP contribution in [-0.4, -0.2) is 21.4 Å². The molecule has 0 aliphatic carbocycles. The number of rotatable bonds is 3. The van der Waals surface area contributed by atoms with E-state index in [0.29, 0.717) is 17.0 Å². The number of halogens is 2. The molecule has 0 radical (unpaired) electrons. The molecule has 0 aliphatic heterocycles. The Morgan fingerprint density at radius 3 is 2.45 bits per heavy atom. The Morgan fingerprint density at radius 1 is 1.25 bits per heavy atom. The third-order valence-electron chi connectivity index (χ3n) is 2.87. The molecule has 0 aliphatic rings. The van der Waals surface area contributed by atoms with Crippen LogP contribution in [0.2, 0.25) is 0 Å². The van der Waals surface area contributed by atoms with Gasteiger partial charge in [0.2, 0.25) is 0 Å². The topological polar surface area (TPSA) is 39.9 Å². The number of para-hydroxylation sites is 1. The van der Waals surface area contributed by atoms with Crippen molar-refractivity contribution in [3.63, 3.8) is 0 Å². The van der Waals surface area contributed by atoms with E-state index >= 15 is 0 Å². The molecule has 1 aromatic carbocycles. The standard InChI is InChI=1S/C14H17F2N3O/c1-14(2,3)10-7-5-6-9(11(10)20-13(15)16)12-17-8-19(4)18-12/h5-8,13H,1-4H3. The Bertz CT molecular complexity index is 603. The van der Waals surface area contributed by atoms with Crippen molar-refractivity contribution in [1.82, 2.24) is 14.8 Å². The second kappa shape index (κ2) is 5.19. The number of alkyl halides is 2. The van der Waals surface area contributed by atoms with Crippen LogP contribution in [0.3, 0.4) is 0 Å². The first kappa shape index (κ1) is 14.4. The number of hydrogen-bond donors (Lipinski definition) is 0. The summed E-state index contributed by atoms with van der Waals surface area (Å²) < 4.78 is 31.7. The van der Waals surface area contributed by atoms with Gasteiger partial charge in [0, 0.05) is 12.6 Å². The molecular formula is C14H17F2N3O. The van der Waals surface area contributed by atoms with Gasteiger partial charge in [0.1, 0.15) is 12.1 Å². The van der Waals surface area contributed by atoms with E-state index in [-0.39, 0.29) is 11.2 Å². The van der Waals surface area contributed by atoms with Gasteiger partial charge in [0.05, 0.1) is 5.56 Å². The van der Waals surface area contributed by atoms with Crippen LogP contribution >= 0.6 is 0 Å². The molecule has 2 rings (SSSR count). The maximum atomic E-state index is 12.7. The molecule has 0 atom stereocenters. The van der Waals surface area contributed by atoms with Gasteiger partial charge >= 0.3 is 6.61 Å². The number of benzene rings is 1. The fraction of sp³-hybridized carbons (Fsp3) is 0.429. The number of hydrogen-bond acceptors (Lipinski definition) is 3. The van der Waals surface area contributed by atoms with E-state index in [1.165, 1.54) is 11.0 Å². The van der Waals surface area contributed by atoms with Crippen molar-refractivity contribution < 1.29 is 13.5 Å². The van der Waals surface area contributed by atoms with Gasteiger partial charge in [-0.2, -0.15) is 13.9 Å². The SMILES string of the molecule is Cn1cnc(-c2cccc(C(C)(C)C)c2OC(F)F)n1. The monoisotopic (exact) mass is 281 g/mol. The van der Waals surface area contributed by atoms with Crippen LogP contribution in [-0.2, 0) is 12.5 Å². The molecule has 6 heteroatoms. The molecule has 20 heavy (non-hydrogen) atoms. The molecular weight excluding hydrogens is 264 g/mol. The smallest absolute Gasteiger partial charge is 0.387 e. The zero-order valence-electron chi connectivity index (χ0n) is 11.9. The molecule has 0 spiro atoms. The third kappa shape index (κ3) is 2.95. The van der Waals surface area contributed by atoms with Crippen LogP contribution in [0.1, 0.15) is 26.3 Å². The molecule has 0 saturated carbocycles. The van der Waals surface area contributed by atoms with Crippen molar-refractivity contribution in [3.05, 3.63) is 30.1 Å². The minimum Gasteiger partial charge on any atom is -0.434 e. The summed E-state index contributed by atoms with van der Waals surface area (Å²) >= 11 is 0. The quantitative estimate of drug-likeness (QED) is 0.866. The van der Waals surface area contributed by atoms with Crippen LogP contribution in [0.15, 0.2) is 24.5 Å². The minimum absolute atomic E-state index is 0.140. The van der Waals surface area contributed by atoms with E-state index in [1.807, 2.05) is 20.8 Å². The van der Waals surface area contributed by atoms with E-state index in [2.05, 4.69) is 10.1 Å². The Kier molecular flexibility index (Phi) is 3.74. The molecule has 4 nitrogen and oxygen atoms in total. The van der Waals surface area contributed by atoms with Gasteiger partial charge < -0.3 is 4.74 Å². The van der Waals surface area contributed by atoms with Gasteiger partial charge in [-0.05, 0) is 11.5 Å². The van der Waals surface area contributed by atoms with E-state index in [4.69, 9.17) is 4.74 Å². The van der Waals surface area contributed by atoms with E-state index < -0.39 is 6.61 Å². The van der Waals surface area contributed by atoms with Crippen molar-refractivity contribution in [3.8, 4) is 17.1 Å². The molecule has 0 N–H and O–H groups in total. The molecule has 1 heterocycles. The second-order valence-electron chi connectivity index (χ2n) is 5.55. The van der Waals surface area contributed by atoms with Gasteiger partial charge in [0.15, 0.2) is 5.82 Å². The summed E-state index contributed by atoms with van der Waals surface area (Å²) in [6.45, 7) is 2.93. The number of aromatic nitrogens is 3. The van der Waals surface area contributed by atoms with Crippen LogP contribution in [0, 0.1) is 0 Å². The first-order valence-electron chi connectivity index (χ1n) is 6.23. The molecule has 0 unspecified atom stereocenters. The first-order valence-corrected chi connectivity index (χ1v) is 6.23. The number of nitrogens with zero attached hydrogens (tertiary/aromatic N) is 3. The van der Waals surface area contributed by atoms with Gasteiger partial charge in [0.25, 0.3) is 0 Å². The van der Waals surface area contributed by atoms with Crippen molar-refractivity contribution in [2.75, 3.05) is 0 Å². The van der Waals surface area contributed by atoms with Crippen molar-refractivity contribution in [1.29, 1.82) is 0 Å². The summed E-state index contributed by atoms with van der Waals surface area (Å²) in [5, 5.41) is 4.15. The lowest BCUT2D eigenvalue weighted by molar-refractivity contribution is -0.0504. The normalized spacial score (nSPS) is 11.9. The van der Waals surface area contributed by atoms with Crippen molar-refractivity contribution >= 4 is 0 Å². The van der Waals surface area contributed by atoms with E-state index in [0.717, 1.165) is 0 Å². The summed E-state index contributed by atoms with van der Waals surface area (Å²) in [6, 6.07) is 5.26. The Balaban J connectivity index is 2.62. The molecule has 1 aromatic heterocycles. The molecule has 108 valence electrons. The first-order chi connectivity index (χ1) is 9.29. The molecule has 0 amide bonds. The second-order valence-corrected chi connectivity index (χ2v) is 5.55. The van der Waals surface area contributed by atoms with Crippen LogP contribution in [0.4, 0.5) is 8.78 Å². The fourth-order valence-electron chi connectivity index (χ4n) is 1.98. The number of ether oxygens (including phenoxy) is 1. The highest BCUT2D eigenvalue weighted by molar-refractivity contribution is 5.67.